The molecule has 3 rings (SSSR count). The van der Waals surface area contributed by atoms with E-state index in [9.17, 15) is 4.79 Å². The quantitative estimate of drug-likeness (QED) is 0.862. The molecule has 0 spiro atoms. The fourth-order valence-corrected chi connectivity index (χ4v) is 2.35. The van der Waals surface area contributed by atoms with Gasteiger partial charge in [-0.15, -0.1) is 0 Å². The SMILES string of the molecule is CC(C)(C)CC(=O)c1ccn(-c2cc(C3CC3)[nH]n2)c1. The molecule has 1 aliphatic carbocycles. The van der Waals surface area contributed by atoms with Crippen molar-refractivity contribution in [3.05, 3.63) is 35.8 Å². The maximum absolute atomic E-state index is 12.2. The van der Waals surface area contributed by atoms with Crippen molar-refractivity contribution in [3.8, 4) is 5.82 Å². The fraction of sp³-hybridized carbons (Fsp3) is 0.500. The zero-order valence-electron chi connectivity index (χ0n) is 12.3. The lowest BCUT2D eigenvalue weighted by Gasteiger charge is -2.15. The third-order valence-corrected chi connectivity index (χ3v) is 3.57. The highest BCUT2D eigenvalue weighted by Crippen LogP contribution is 2.39. The van der Waals surface area contributed by atoms with Gasteiger partial charge in [-0.25, -0.2) is 0 Å². The third-order valence-electron chi connectivity index (χ3n) is 3.57. The highest BCUT2D eigenvalue weighted by Gasteiger charge is 2.25. The summed E-state index contributed by atoms with van der Waals surface area (Å²) in [4.78, 5) is 12.2. The summed E-state index contributed by atoms with van der Waals surface area (Å²) in [5.41, 5.74) is 1.98. The lowest BCUT2D eigenvalue weighted by atomic mass is 9.88. The minimum Gasteiger partial charge on any atom is -0.306 e. The topological polar surface area (TPSA) is 50.7 Å². The molecule has 2 aromatic rings. The van der Waals surface area contributed by atoms with Crippen LogP contribution in [0.1, 0.15) is 62.0 Å². The maximum atomic E-state index is 12.2. The molecule has 0 bridgehead atoms. The van der Waals surface area contributed by atoms with Crippen molar-refractivity contribution in [2.75, 3.05) is 0 Å². The zero-order valence-corrected chi connectivity index (χ0v) is 12.3. The van der Waals surface area contributed by atoms with E-state index in [2.05, 4.69) is 37.0 Å². The van der Waals surface area contributed by atoms with Crippen LogP contribution in [-0.4, -0.2) is 20.5 Å². The van der Waals surface area contributed by atoms with Crippen molar-refractivity contribution in [2.24, 2.45) is 5.41 Å². The number of nitrogens with zero attached hydrogens (tertiary/aromatic N) is 2. The van der Waals surface area contributed by atoms with Crippen LogP contribution in [-0.2, 0) is 0 Å². The first-order chi connectivity index (χ1) is 9.42. The monoisotopic (exact) mass is 271 g/mol. The Kier molecular flexibility index (Phi) is 3.04. The summed E-state index contributed by atoms with van der Waals surface area (Å²) >= 11 is 0. The molecule has 0 radical (unpaired) electrons. The second-order valence-electron chi connectivity index (χ2n) is 6.92. The minimum absolute atomic E-state index is 0.0185. The molecule has 1 fully saturated rings. The molecular weight excluding hydrogens is 250 g/mol. The van der Waals surface area contributed by atoms with E-state index in [1.165, 1.54) is 18.5 Å². The number of Topliss-reactive ketones (excluding diaryl/α,β-unsaturated/α-hetero) is 1. The molecule has 0 atom stereocenters. The molecule has 4 nitrogen and oxygen atoms in total. The van der Waals surface area contributed by atoms with Crippen LogP contribution >= 0.6 is 0 Å². The predicted octanol–water partition coefficient (Wildman–Crippen LogP) is 3.70. The highest BCUT2D eigenvalue weighted by molar-refractivity contribution is 5.96. The average Bonchev–Trinajstić information content (AvgIpc) is 2.91. The first-order valence-electron chi connectivity index (χ1n) is 7.19. The summed E-state index contributed by atoms with van der Waals surface area (Å²) in [5.74, 6) is 1.71. The molecule has 0 unspecified atom stereocenters. The van der Waals surface area contributed by atoms with Crippen LogP contribution in [0.15, 0.2) is 24.5 Å². The summed E-state index contributed by atoms with van der Waals surface area (Å²) in [6.45, 7) is 6.24. The second-order valence-corrected chi connectivity index (χ2v) is 6.92. The van der Waals surface area contributed by atoms with Crippen LogP contribution in [0.3, 0.4) is 0 Å². The normalized spacial score (nSPS) is 15.6. The molecule has 20 heavy (non-hydrogen) atoms. The summed E-state index contributed by atoms with van der Waals surface area (Å²) in [7, 11) is 0. The van der Waals surface area contributed by atoms with Gasteiger partial charge < -0.3 is 4.57 Å². The van der Waals surface area contributed by atoms with Crippen LogP contribution in [0.5, 0.6) is 0 Å². The Morgan fingerprint density at radius 2 is 2.20 bits per heavy atom. The molecule has 1 N–H and O–H groups in total. The molecule has 2 aromatic heterocycles. The number of hydrogen-bond donors (Lipinski definition) is 1. The Labute approximate surface area is 119 Å². The van der Waals surface area contributed by atoms with Gasteiger partial charge in [0.05, 0.1) is 0 Å². The molecule has 0 saturated heterocycles. The van der Waals surface area contributed by atoms with Crippen molar-refractivity contribution >= 4 is 5.78 Å². The van der Waals surface area contributed by atoms with Gasteiger partial charge in [0.2, 0.25) is 0 Å². The fourth-order valence-electron chi connectivity index (χ4n) is 2.35. The molecule has 0 aliphatic heterocycles. The number of carbonyl (C=O) groups excluding carboxylic acids is 1. The number of ketones is 1. The zero-order chi connectivity index (χ0) is 14.3. The van der Waals surface area contributed by atoms with Crippen LogP contribution in [0.4, 0.5) is 0 Å². The number of hydrogen-bond acceptors (Lipinski definition) is 2. The van der Waals surface area contributed by atoms with Gasteiger partial charge in [0.1, 0.15) is 0 Å². The molecule has 1 aliphatic rings. The number of nitrogens with one attached hydrogen (secondary N) is 1. The van der Waals surface area contributed by atoms with Crippen LogP contribution < -0.4 is 0 Å². The van der Waals surface area contributed by atoms with Crippen molar-refractivity contribution in [2.45, 2.75) is 46.0 Å². The van der Waals surface area contributed by atoms with E-state index in [1.807, 2.05) is 23.0 Å². The van der Waals surface area contributed by atoms with Gasteiger partial charge >= 0.3 is 0 Å². The van der Waals surface area contributed by atoms with E-state index in [0.717, 1.165) is 11.4 Å². The Morgan fingerprint density at radius 1 is 1.45 bits per heavy atom. The highest BCUT2D eigenvalue weighted by atomic mass is 16.1. The lowest BCUT2D eigenvalue weighted by molar-refractivity contribution is 0.0940. The van der Waals surface area contributed by atoms with Crippen LogP contribution in [0.25, 0.3) is 5.82 Å². The van der Waals surface area contributed by atoms with Crippen LogP contribution in [0.2, 0.25) is 0 Å². The van der Waals surface area contributed by atoms with E-state index in [-0.39, 0.29) is 11.2 Å². The largest absolute Gasteiger partial charge is 0.306 e. The lowest BCUT2D eigenvalue weighted by Crippen LogP contribution is -2.12. The van der Waals surface area contributed by atoms with Gasteiger partial charge in [0.15, 0.2) is 11.6 Å². The Balaban J connectivity index is 1.77. The van der Waals surface area contributed by atoms with Gasteiger partial charge in [-0.3, -0.25) is 9.89 Å². The standard InChI is InChI=1S/C16H21N3O/c1-16(2,3)9-14(20)12-6-7-19(10-12)15-8-13(17-18-15)11-4-5-11/h6-8,10-11H,4-5,9H2,1-3H3,(H,17,18). The molecule has 106 valence electrons. The number of carbonyl (C=O) groups is 1. The van der Waals surface area contributed by atoms with Crippen molar-refractivity contribution < 1.29 is 4.79 Å². The van der Waals surface area contributed by atoms with Crippen molar-refractivity contribution in [1.29, 1.82) is 0 Å². The molecule has 1 saturated carbocycles. The second kappa shape index (κ2) is 4.62. The van der Waals surface area contributed by atoms with Gasteiger partial charge in [-0.1, -0.05) is 20.8 Å². The molecule has 0 amide bonds. The summed E-state index contributed by atoms with van der Waals surface area (Å²) < 4.78 is 1.91. The minimum atomic E-state index is 0.0185. The van der Waals surface area contributed by atoms with E-state index in [4.69, 9.17) is 0 Å². The van der Waals surface area contributed by atoms with E-state index in [1.54, 1.807) is 0 Å². The van der Waals surface area contributed by atoms with Gasteiger partial charge in [-0.2, -0.15) is 5.10 Å². The summed E-state index contributed by atoms with van der Waals surface area (Å²) in [6, 6.07) is 3.95. The van der Waals surface area contributed by atoms with Crippen molar-refractivity contribution in [1.82, 2.24) is 14.8 Å². The average molecular weight is 271 g/mol. The Bertz CT molecular complexity index is 626. The molecular formula is C16H21N3O. The first kappa shape index (κ1) is 13.2. The third kappa shape index (κ3) is 2.84. The van der Waals surface area contributed by atoms with Gasteiger partial charge in [0.25, 0.3) is 0 Å². The smallest absolute Gasteiger partial charge is 0.164 e. The van der Waals surface area contributed by atoms with Crippen LogP contribution in [0, 0.1) is 5.41 Å². The predicted molar refractivity (Wildman–Crippen MR) is 78.3 cm³/mol. The molecule has 0 aromatic carbocycles. The number of rotatable bonds is 4. The van der Waals surface area contributed by atoms with Gasteiger partial charge in [0, 0.05) is 42.1 Å². The summed E-state index contributed by atoms with van der Waals surface area (Å²) in [6.07, 6.45) is 6.85. The Hall–Kier alpha value is -1.84. The number of H-pyrrole nitrogens is 1. The van der Waals surface area contributed by atoms with E-state index in [0.29, 0.717) is 12.3 Å². The van der Waals surface area contributed by atoms with Crippen molar-refractivity contribution in [3.63, 3.8) is 0 Å². The van der Waals surface area contributed by atoms with Gasteiger partial charge in [-0.05, 0) is 24.3 Å². The van der Waals surface area contributed by atoms with E-state index < -0.39 is 0 Å². The number of aromatic amines is 1. The molecule has 4 heteroatoms. The Morgan fingerprint density at radius 3 is 2.85 bits per heavy atom. The van der Waals surface area contributed by atoms with E-state index >= 15 is 0 Å². The summed E-state index contributed by atoms with van der Waals surface area (Å²) in [5, 5.41) is 7.41. The first-order valence-corrected chi connectivity index (χ1v) is 7.19. The number of aromatic nitrogens is 3. The molecule has 2 heterocycles. The maximum Gasteiger partial charge on any atom is 0.164 e.